The Balaban J connectivity index is 2.06. The maximum atomic E-state index is 11.1. The van der Waals surface area contributed by atoms with Crippen LogP contribution in [0.3, 0.4) is 0 Å². The third-order valence-electron chi connectivity index (χ3n) is 2.06. The Morgan fingerprint density at radius 2 is 2.50 bits per heavy atom. The molecule has 12 heavy (non-hydrogen) atoms. The topological polar surface area (TPSA) is 32.3 Å². The molecule has 0 unspecified atom stereocenters. The van der Waals surface area contributed by atoms with Gasteiger partial charge in [-0.15, -0.1) is 0 Å². The minimum atomic E-state index is 0.314. The van der Waals surface area contributed by atoms with E-state index in [4.69, 9.17) is 0 Å². The number of carbonyl (C=O) groups excluding carboxylic acids is 1. The number of hydrogen-bond donors (Lipinski definition) is 1. The Hall–Kier alpha value is -0.990. The van der Waals surface area contributed by atoms with Gasteiger partial charge in [-0.25, -0.2) is 0 Å². The number of nitrogens with one attached hydrogen (secondary N) is 1. The lowest BCUT2D eigenvalue weighted by Crippen LogP contribution is -2.27. The van der Waals surface area contributed by atoms with Gasteiger partial charge in [0, 0.05) is 26.1 Å². The Kier molecular flexibility index (Phi) is 3.64. The van der Waals surface area contributed by atoms with E-state index < -0.39 is 0 Å². The highest BCUT2D eigenvalue weighted by Crippen LogP contribution is 2.08. The fourth-order valence-electron chi connectivity index (χ4n) is 1.41. The van der Waals surface area contributed by atoms with Crippen molar-refractivity contribution in [3.63, 3.8) is 0 Å². The second-order valence-electron chi connectivity index (χ2n) is 3.00. The van der Waals surface area contributed by atoms with Crippen LogP contribution in [0.15, 0.2) is 12.8 Å². The van der Waals surface area contributed by atoms with Crippen molar-refractivity contribution in [1.82, 2.24) is 10.2 Å². The predicted octanol–water partition coefficient (Wildman–Crippen LogP) is 0.732. The lowest BCUT2D eigenvalue weighted by atomic mass is 10.4. The van der Waals surface area contributed by atoms with Crippen LogP contribution >= 0.6 is 0 Å². The van der Waals surface area contributed by atoms with Gasteiger partial charge in [0.1, 0.15) is 0 Å². The summed E-state index contributed by atoms with van der Waals surface area (Å²) in [6, 6.07) is 0. The van der Waals surface area contributed by atoms with Crippen molar-refractivity contribution in [2.75, 3.05) is 19.6 Å². The molecule has 0 spiro atoms. The van der Waals surface area contributed by atoms with Gasteiger partial charge < -0.3 is 10.2 Å². The first-order chi connectivity index (χ1) is 5.84. The van der Waals surface area contributed by atoms with Gasteiger partial charge in [0.25, 0.3) is 0 Å². The third kappa shape index (κ3) is 2.57. The summed E-state index contributed by atoms with van der Waals surface area (Å²) in [5.41, 5.74) is 0. The fraction of sp³-hybridized carbons (Fsp3) is 0.667. The molecule has 0 saturated carbocycles. The quantitative estimate of drug-likeness (QED) is 0.614. The maximum Gasteiger partial charge on any atom is 0.222 e. The molecule has 1 aliphatic heterocycles. The molecule has 0 bridgehead atoms. The van der Waals surface area contributed by atoms with Crippen molar-refractivity contribution in [2.45, 2.75) is 19.3 Å². The summed E-state index contributed by atoms with van der Waals surface area (Å²) in [6.45, 7) is 6.30. The van der Waals surface area contributed by atoms with Crippen LogP contribution in [0.2, 0.25) is 0 Å². The van der Waals surface area contributed by atoms with E-state index in [0.717, 1.165) is 38.9 Å². The molecular formula is C9H16N2O. The first-order valence-corrected chi connectivity index (χ1v) is 4.46. The number of hydrogen-bond acceptors (Lipinski definition) is 2. The van der Waals surface area contributed by atoms with Gasteiger partial charge in [-0.2, -0.15) is 0 Å². The average molecular weight is 168 g/mol. The molecule has 1 saturated heterocycles. The van der Waals surface area contributed by atoms with Crippen molar-refractivity contribution >= 4 is 5.91 Å². The standard InChI is InChI=1S/C9H16N2O/c1-2-10-6-4-8-11-7-3-5-9(11)12/h2,10H,1,3-8H2. The second kappa shape index (κ2) is 4.80. The van der Waals surface area contributed by atoms with Gasteiger partial charge in [0.2, 0.25) is 5.91 Å². The average Bonchev–Trinajstić information content (AvgIpc) is 2.46. The third-order valence-corrected chi connectivity index (χ3v) is 2.06. The Morgan fingerprint density at radius 1 is 1.67 bits per heavy atom. The SMILES string of the molecule is C=CNCCCN1CCCC1=O. The van der Waals surface area contributed by atoms with Gasteiger partial charge in [-0.3, -0.25) is 4.79 Å². The molecule has 1 rings (SSSR count). The van der Waals surface area contributed by atoms with Crippen molar-refractivity contribution in [2.24, 2.45) is 0 Å². The summed E-state index contributed by atoms with van der Waals surface area (Å²) >= 11 is 0. The van der Waals surface area contributed by atoms with E-state index in [9.17, 15) is 4.79 Å². The highest BCUT2D eigenvalue weighted by atomic mass is 16.2. The number of nitrogens with zero attached hydrogens (tertiary/aromatic N) is 1. The van der Waals surface area contributed by atoms with Crippen molar-refractivity contribution < 1.29 is 4.79 Å². The summed E-state index contributed by atoms with van der Waals surface area (Å²) in [6.07, 6.45) is 4.48. The minimum Gasteiger partial charge on any atom is -0.391 e. The van der Waals surface area contributed by atoms with Crippen molar-refractivity contribution in [3.05, 3.63) is 12.8 Å². The number of likely N-dealkylation sites (tertiary alicyclic amines) is 1. The van der Waals surface area contributed by atoms with Crippen molar-refractivity contribution in [1.29, 1.82) is 0 Å². The van der Waals surface area contributed by atoms with Gasteiger partial charge in [-0.1, -0.05) is 6.58 Å². The van der Waals surface area contributed by atoms with Crippen LogP contribution in [0.5, 0.6) is 0 Å². The summed E-state index contributed by atoms with van der Waals surface area (Å²) in [5, 5.41) is 3.01. The van der Waals surface area contributed by atoms with Crippen LogP contribution in [-0.2, 0) is 4.79 Å². The van der Waals surface area contributed by atoms with E-state index in [1.807, 2.05) is 4.90 Å². The Bertz CT molecular complexity index is 168. The molecule has 1 N–H and O–H groups in total. The fourth-order valence-corrected chi connectivity index (χ4v) is 1.41. The zero-order chi connectivity index (χ0) is 8.81. The Morgan fingerprint density at radius 3 is 3.08 bits per heavy atom. The Labute approximate surface area is 73.4 Å². The van der Waals surface area contributed by atoms with E-state index in [1.165, 1.54) is 0 Å². The van der Waals surface area contributed by atoms with E-state index >= 15 is 0 Å². The molecular weight excluding hydrogens is 152 g/mol. The van der Waals surface area contributed by atoms with Crippen LogP contribution in [0.4, 0.5) is 0 Å². The lowest BCUT2D eigenvalue weighted by molar-refractivity contribution is -0.127. The maximum absolute atomic E-state index is 11.1. The molecule has 0 atom stereocenters. The highest BCUT2D eigenvalue weighted by molar-refractivity contribution is 5.77. The van der Waals surface area contributed by atoms with Gasteiger partial charge in [0.15, 0.2) is 0 Å². The number of amides is 1. The van der Waals surface area contributed by atoms with E-state index in [0.29, 0.717) is 5.91 Å². The highest BCUT2D eigenvalue weighted by Gasteiger charge is 2.18. The summed E-state index contributed by atoms with van der Waals surface area (Å²) in [7, 11) is 0. The van der Waals surface area contributed by atoms with Crippen LogP contribution in [0.1, 0.15) is 19.3 Å². The molecule has 0 radical (unpaired) electrons. The zero-order valence-corrected chi connectivity index (χ0v) is 7.38. The van der Waals surface area contributed by atoms with Crippen molar-refractivity contribution in [3.8, 4) is 0 Å². The second-order valence-corrected chi connectivity index (χ2v) is 3.00. The lowest BCUT2D eigenvalue weighted by Gasteiger charge is -2.14. The molecule has 0 aliphatic carbocycles. The summed E-state index contributed by atoms with van der Waals surface area (Å²) in [4.78, 5) is 13.1. The minimum absolute atomic E-state index is 0.314. The van der Waals surface area contributed by atoms with Crippen LogP contribution < -0.4 is 5.32 Å². The molecule has 3 heteroatoms. The first-order valence-electron chi connectivity index (χ1n) is 4.46. The first kappa shape index (κ1) is 9.10. The van der Waals surface area contributed by atoms with E-state index in [1.54, 1.807) is 6.20 Å². The van der Waals surface area contributed by atoms with Crippen LogP contribution in [-0.4, -0.2) is 30.4 Å². The van der Waals surface area contributed by atoms with Gasteiger partial charge >= 0.3 is 0 Å². The molecule has 0 aromatic heterocycles. The van der Waals surface area contributed by atoms with Crippen LogP contribution in [0.25, 0.3) is 0 Å². The number of rotatable bonds is 5. The summed E-state index contributed by atoms with van der Waals surface area (Å²) < 4.78 is 0. The molecule has 0 aromatic rings. The predicted molar refractivity (Wildman–Crippen MR) is 48.6 cm³/mol. The molecule has 68 valence electrons. The molecule has 1 amide bonds. The largest absolute Gasteiger partial charge is 0.391 e. The van der Waals surface area contributed by atoms with E-state index in [2.05, 4.69) is 11.9 Å². The number of carbonyl (C=O) groups is 1. The van der Waals surface area contributed by atoms with Crippen LogP contribution in [0, 0.1) is 0 Å². The molecule has 1 heterocycles. The molecule has 1 fully saturated rings. The monoisotopic (exact) mass is 168 g/mol. The van der Waals surface area contributed by atoms with Gasteiger partial charge in [-0.05, 0) is 19.0 Å². The normalized spacial score (nSPS) is 16.7. The molecule has 1 aliphatic rings. The molecule has 3 nitrogen and oxygen atoms in total. The van der Waals surface area contributed by atoms with Gasteiger partial charge in [0.05, 0.1) is 0 Å². The molecule has 0 aromatic carbocycles. The zero-order valence-electron chi connectivity index (χ0n) is 7.38. The smallest absolute Gasteiger partial charge is 0.222 e. The summed E-state index contributed by atoms with van der Waals surface area (Å²) in [5.74, 6) is 0.314. The van der Waals surface area contributed by atoms with E-state index in [-0.39, 0.29) is 0 Å².